The summed E-state index contributed by atoms with van der Waals surface area (Å²) in [6.45, 7) is 4.71. The molecule has 3 rings (SSSR count). The van der Waals surface area contributed by atoms with E-state index in [4.69, 9.17) is 9.47 Å². The van der Waals surface area contributed by atoms with Gasteiger partial charge in [-0.15, -0.1) is 0 Å². The van der Waals surface area contributed by atoms with E-state index in [0.717, 1.165) is 25.3 Å². The summed E-state index contributed by atoms with van der Waals surface area (Å²) in [5.41, 5.74) is 1.80. The van der Waals surface area contributed by atoms with Crippen LogP contribution < -0.4 is 10.1 Å². The van der Waals surface area contributed by atoms with Gasteiger partial charge in [-0.25, -0.2) is 0 Å². The number of aliphatic hydroxyl groups is 1. The Morgan fingerprint density at radius 3 is 3.11 bits per heavy atom. The van der Waals surface area contributed by atoms with Gasteiger partial charge in [0.05, 0.1) is 12.7 Å². The van der Waals surface area contributed by atoms with Crippen molar-refractivity contribution < 1.29 is 14.6 Å². The molecule has 1 aromatic rings. The van der Waals surface area contributed by atoms with Crippen molar-refractivity contribution in [3.8, 4) is 5.75 Å². The summed E-state index contributed by atoms with van der Waals surface area (Å²) in [5.74, 6) is 1.01. The van der Waals surface area contributed by atoms with Crippen LogP contribution >= 0.6 is 0 Å². The average Bonchev–Trinajstić information content (AvgIpc) is 2.97. The number of fused-ring (bicyclic) bond motifs is 1. The lowest BCUT2D eigenvalue weighted by Crippen LogP contribution is -2.45. The van der Waals surface area contributed by atoms with Gasteiger partial charge in [0.25, 0.3) is 0 Å². The minimum absolute atomic E-state index is 0.0894. The standard InChI is InChI=1S/C15H21NO3/c1-11-15(17,5-7-18-11)10-16-9-12-2-3-14-13(8-12)4-6-19-14/h2-3,8,11,16-17H,4-7,9-10H2,1H3. The first kappa shape index (κ1) is 12.9. The number of nitrogens with one attached hydrogen (secondary N) is 1. The van der Waals surface area contributed by atoms with Crippen molar-refractivity contribution in [3.63, 3.8) is 0 Å². The van der Waals surface area contributed by atoms with Crippen LogP contribution in [0.4, 0.5) is 0 Å². The molecule has 1 aromatic carbocycles. The van der Waals surface area contributed by atoms with Crippen LogP contribution in [-0.2, 0) is 17.7 Å². The van der Waals surface area contributed by atoms with Crippen LogP contribution in [0.2, 0.25) is 0 Å². The van der Waals surface area contributed by atoms with Crippen LogP contribution in [0.15, 0.2) is 18.2 Å². The van der Waals surface area contributed by atoms with Crippen molar-refractivity contribution in [2.24, 2.45) is 0 Å². The first-order valence-corrected chi connectivity index (χ1v) is 6.97. The molecular formula is C15H21NO3. The Kier molecular flexibility index (Phi) is 3.48. The smallest absolute Gasteiger partial charge is 0.122 e. The predicted molar refractivity (Wildman–Crippen MR) is 72.3 cm³/mol. The lowest BCUT2D eigenvalue weighted by Gasteiger charge is -2.26. The van der Waals surface area contributed by atoms with E-state index in [1.807, 2.05) is 13.0 Å². The zero-order valence-corrected chi connectivity index (χ0v) is 11.3. The number of rotatable bonds is 4. The SMILES string of the molecule is CC1OCCC1(O)CNCc1ccc2c(c1)CCO2. The Labute approximate surface area is 113 Å². The van der Waals surface area contributed by atoms with Gasteiger partial charge in [0, 0.05) is 32.5 Å². The number of benzene rings is 1. The van der Waals surface area contributed by atoms with E-state index < -0.39 is 5.60 Å². The van der Waals surface area contributed by atoms with Crippen LogP contribution in [0.1, 0.15) is 24.5 Å². The van der Waals surface area contributed by atoms with Gasteiger partial charge in [-0.3, -0.25) is 0 Å². The Morgan fingerprint density at radius 1 is 1.42 bits per heavy atom. The van der Waals surface area contributed by atoms with Crippen molar-refractivity contribution in [1.82, 2.24) is 5.32 Å². The molecule has 4 heteroatoms. The third-order valence-corrected chi connectivity index (χ3v) is 4.17. The molecule has 0 aromatic heterocycles. The van der Waals surface area contributed by atoms with Crippen LogP contribution in [0.25, 0.3) is 0 Å². The predicted octanol–water partition coefficient (Wildman–Crippen LogP) is 1.25. The molecule has 4 nitrogen and oxygen atoms in total. The zero-order valence-electron chi connectivity index (χ0n) is 11.3. The van der Waals surface area contributed by atoms with E-state index >= 15 is 0 Å². The molecule has 1 saturated heterocycles. The van der Waals surface area contributed by atoms with E-state index in [-0.39, 0.29) is 6.10 Å². The largest absolute Gasteiger partial charge is 0.493 e. The van der Waals surface area contributed by atoms with Gasteiger partial charge < -0.3 is 19.9 Å². The molecule has 2 unspecified atom stereocenters. The summed E-state index contributed by atoms with van der Waals surface area (Å²) < 4.78 is 10.9. The van der Waals surface area contributed by atoms with Gasteiger partial charge in [0.15, 0.2) is 0 Å². The molecule has 0 radical (unpaired) electrons. The highest BCUT2D eigenvalue weighted by Crippen LogP contribution is 2.27. The summed E-state index contributed by atoms with van der Waals surface area (Å²) in [5, 5.41) is 13.7. The summed E-state index contributed by atoms with van der Waals surface area (Å²) in [7, 11) is 0. The highest BCUT2D eigenvalue weighted by molar-refractivity contribution is 5.39. The van der Waals surface area contributed by atoms with E-state index in [2.05, 4.69) is 17.4 Å². The topological polar surface area (TPSA) is 50.7 Å². The third-order valence-electron chi connectivity index (χ3n) is 4.17. The quantitative estimate of drug-likeness (QED) is 0.858. The monoisotopic (exact) mass is 263 g/mol. The molecule has 0 amide bonds. The molecule has 1 fully saturated rings. The molecule has 2 N–H and O–H groups in total. The number of ether oxygens (including phenoxy) is 2. The lowest BCUT2D eigenvalue weighted by atomic mass is 9.96. The molecule has 0 bridgehead atoms. The molecule has 104 valence electrons. The average molecular weight is 263 g/mol. The summed E-state index contributed by atoms with van der Waals surface area (Å²) >= 11 is 0. The van der Waals surface area contributed by atoms with Crippen LogP contribution in [0, 0.1) is 0 Å². The van der Waals surface area contributed by atoms with Gasteiger partial charge in [-0.05, 0) is 24.1 Å². The van der Waals surface area contributed by atoms with Crippen molar-refractivity contribution in [2.45, 2.75) is 38.0 Å². The van der Waals surface area contributed by atoms with Crippen molar-refractivity contribution >= 4 is 0 Å². The fourth-order valence-corrected chi connectivity index (χ4v) is 2.78. The molecule has 19 heavy (non-hydrogen) atoms. The second kappa shape index (κ2) is 5.12. The maximum absolute atomic E-state index is 10.4. The highest BCUT2D eigenvalue weighted by atomic mass is 16.5. The van der Waals surface area contributed by atoms with Gasteiger partial charge in [0.2, 0.25) is 0 Å². The Hall–Kier alpha value is -1.10. The summed E-state index contributed by atoms with van der Waals surface area (Å²) in [6.07, 6.45) is 1.62. The van der Waals surface area contributed by atoms with Crippen molar-refractivity contribution in [2.75, 3.05) is 19.8 Å². The highest BCUT2D eigenvalue weighted by Gasteiger charge is 2.38. The normalized spacial score (nSPS) is 29.3. The fourth-order valence-electron chi connectivity index (χ4n) is 2.78. The van der Waals surface area contributed by atoms with Crippen LogP contribution in [0.5, 0.6) is 5.75 Å². The summed E-state index contributed by atoms with van der Waals surface area (Å²) in [4.78, 5) is 0. The van der Waals surface area contributed by atoms with Crippen molar-refractivity contribution in [3.05, 3.63) is 29.3 Å². The van der Waals surface area contributed by atoms with Crippen molar-refractivity contribution in [1.29, 1.82) is 0 Å². The van der Waals surface area contributed by atoms with E-state index in [1.165, 1.54) is 11.1 Å². The second-order valence-corrected chi connectivity index (χ2v) is 5.51. The van der Waals surface area contributed by atoms with Gasteiger partial charge in [0.1, 0.15) is 11.4 Å². The Balaban J connectivity index is 1.55. The summed E-state index contributed by atoms with van der Waals surface area (Å²) in [6, 6.07) is 6.30. The fraction of sp³-hybridized carbons (Fsp3) is 0.600. The third kappa shape index (κ3) is 2.61. The molecule has 0 spiro atoms. The van der Waals surface area contributed by atoms with Crippen LogP contribution in [0.3, 0.4) is 0 Å². The molecular weight excluding hydrogens is 242 g/mol. The maximum atomic E-state index is 10.4. The van der Waals surface area contributed by atoms with Gasteiger partial charge >= 0.3 is 0 Å². The Bertz CT molecular complexity index is 463. The van der Waals surface area contributed by atoms with Gasteiger partial charge in [-0.1, -0.05) is 12.1 Å². The first-order valence-electron chi connectivity index (χ1n) is 6.97. The first-order chi connectivity index (χ1) is 9.17. The molecule has 2 atom stereocenters. The minimum Gasteiger partial charge on any atom is -0.493 e. The van der Waals surface area contributed by atoms with E-state index in [0.29, 0.717) is 19.6 Å². The number of hydrogen-bond acceptors (Lipinski definition) is 4. The molecule has 2 heterocycles. The molecule has 0 saturated carbocycles. The van der Waals surface area contributed by atoms with E-state index in [9.17, 15) is 5.11 Å². The lowest BCUT2D eigenvalue weighted by molar-refractivity contribution is -0.0262. The van der Waals surface area contributed by atoms with Gasteiger partial charge in [-0.2, -0.15) is 0 Å². The zero-order chi connectivity index (χ0) is 13.3. The van der Waals surface area contributed by atoms with Crippen LogP contribution in [-0.4, -0.2) is 36.6 Å². The Morgan fingerprint density at radius 2 is 2.32 bits per heavy atom. The van der Waals surface area contributed by atoms with E-state index in [1.54, 1.807) is 0 Å². The minimum atomic E-state index is -0.722. The second-order valence-electron chi connectivity index (χ2n) is 5.51. The molecule has 2 aliphatic rings. The number of hydrogen-bond donors (Lipinski definition) is 2. The molecule has 2 aliphatic heterocycles. The maximum Gasteiger partial charge on any atom is 0.122 e. The molecule has 0 aliphatic carbocycles.